The third-order valence-electron chi connectivity index (χ3n) is 4.32. The van der Waals surface area contributed by atoms with Gasteiger partial charge in [-0.05, 0) is 31.8 Å². The summed E-state index contributed by atoms with van der Waals surface area (Å²) in [7, 11) is 5.55. The standard InChI is InChI=1S/C18H22ClN5O3/c1-23(2)9-13-8-14(22-21-13)20-18(26)17-16(24(3)15(25)10-27-17)11-4-6-12(19)7-5-11/h4-8,16-17H,9-10H2,1-3H3,(H2,20,21,22,26)/t16-,17+/m0/s1. The van der Waals surface area contributed by atoms with Gasteiger partial charge >= 0.3 is 0 Å². The number of anilines is 1. The Morgan fingerprint density at radius 2 is 2.11 bits per heavy atom. The quantitative estimate of drug-likeness (QED) is 0.809. The van der Waals surface area contributed by atoms with Crippen molar-refractivity contribution in [2.45, 2.75) is 18.7 Å². The van der Waals surface area contributed by atoms with Crippen LogP contribution in [0.3, 0.4) is 0 Å². The summed E-state index contributed by atoms with van der Waals surface area (Å²) < 4.78 is 5.58. The average Bonchev–Trinajstić information content (AvgIpc) is 3.04. The highest BCUT2D eigenvalue weighted by Gasteiger charge is 2.40. The van der Waals surface area contributed by atoms with Gasteiger partial charge in [0.05, 0.1) is 11.7 Å². The summed E-state index contributed by atoms with van der Waals surface area (Å²) in [6.45, 7) is 0.526. The molecule has 2 amide bonds. The fourth-order valence-electron chi connectivity index (χ4n) is 3.03. The van der Waals surface area contributed by atoms with E-state index < -0.39 is 12.1 Å². The maximum absolute atomic E-state index is 12.8. The van der Waals surface area contributed by atoms with Crippen LogP contribution in [0.4, 0.5) is 5.82 Å². The molecule has 2 atom stereocenters. The molecule has 1 aliphatic heterocycles. The normalized spacial score (nSPS) is 20.2. The second-order valence-electron chi connectivity index (χ2n) is 6.74. The monoisotopic (exact) mass is 391 g/mol. The number of rotatable bonds is 5. The maximum Gasteiger partial charge on any atom is 0.257 e. The molecule has 2 aromatic rings. The third-order valence-corrected chi connectivity index (χ3v) is 4.57. The number of hydrogen-bond acceptors (Lipinski definition) is 5. The largest absolute Gasteiger partial charge is 0.356 e. The van der Waals surface area contributed by atoms with Crippen molar-refractivity contribution in [3.8, 4) is 0 Å². The first-order chi connectivity index (χ1) is 12.8. The van der Waals surface area contributed by atoms with E-state index in [1.54, 1.807) is 37.4 Å². The Labute approximate surface area is 162 Å². The number of aromatic nitrogens is 2. The zero-order valence-electron chi connectivity index (χ0n) is 15.4. The smallest absolute Gasteiger partial charge is 0.257 e. The topological polar surface area (TPSA) is 90.6 Å². The lowest BCUT2D eigenvalue weighted by Gasteiger charge is -2.38. The molecule has 1 aromatic carbocycles. The van der Waals surface area contributed by atoms with Crippen LogP contribution in [0.15, 0.2) is 30.3 Å². The van der Waals surface area contributed by atoms with Crippen LogP contribution < -0.4 is 5.32 Å². The minimum Gasteiger partial charge on any atom is -0.356 e. The number of benzene rings is 1. The Balaban J connectivity index is 1.79. The second-order valence-corrected chi connectivity index (χ2v) is 7.17. The van der Waals surface area contributed by atoms with E-state index in [-0.39, 0.29) is 18.4 Å². The Kier molecular flexibility index (Phi) is 5.79. The van der Waals surface area contributed by atoms with E-state index in [0.717, 1.165) is 11.3 Å². The summed E-state index contributed by atoms with van der Waals surface area (Å²) in [6, 6.07) is 8.24. The van der Waals surface area contributed by atoms with Crippen molar-refractivity contribution in [1.29, 1.82) is 0 Å². The molecule has 1 aliphatic rings. The van der Waals surface area contributed by atoms with Crippen LogP contribution in [-0.4, -0.2) is 65.7 Å². The summed E-state index contributed by atoms with van der Waals surface area (Å²) in [5.74, 6) is -0.140. The van der Waals surface area contributed by atoms with Gasteiger partial charge in [-0.3, -0.25) is 14.7 Å². The number of carbonyl (C=O) groups excluding carboxylic acids is 2. The number of ether oxygens (including phenoxy) is 1. The van der Waals surface area contributed by atoms with Crippen LogP contribution in [0.5, 0.6) is 0 Å². The van der Waals surface area contributed by atoms with Crippen LogP contribution in [-0.2, 0) is 20.9 Å². The van der Waals surface area contributed by atoms with Crippen LogP contribution in [0.2, 0.25) is 5.02 Å². The molecule has 3 rings (SSSR count). The highest BCUT2D eigenvalue weighted by Crippen LogP contribution is 2.30. The van der Waals surface area contributed by atoms with E-state index in [1.807, 2.05) is 19.0 Å². The number of hydrogen-bond donors (Lipinski definition) is 2. The number of halogens is 1. The van der Waals surface area contributed by atoms with Gasteiger partial charge in [0.2, 0.25) is 5.91 Å². The molecule has 144 valence electrons. The predicted octanol–water partition coefficient (Wildman–Crippen LogP) is 1.66. The van der Waals surface area contributed by atoms with Gasteiger partial charge < -0.3 is 19.9 Å². The third kappa shape index (κ3) is 4.47. The maximum atomic E-state index is 12.8. The first kappa shape index (κ1) is 19.3. The van der Waals surface area contributed by atoms with Crippen molar-refractivity contribution >= 4 is 29.2 Å². The zero-order valence-corrected chi connectivity index (χ0v) is 16.2. The number of nitrogens with one attached hydrogen (secondary N) is 2. The molecule has 1 saturated heterocycles. The highest BCUT2D eigenvalue weighted by molar-refractivity contribution is 6.30. The minimum absolute atomic E-state index is 0.148. The molecule has 9 heteroatoms. The van der Waals surface area contributed by atoms with Crippen LogP contribution in [0, 0.1) is 0 Å². The van der Waals surface area contributed by atoms with Crippen molar-refractivity contribution in [2.75, 3.05) is 33.1 Å². The lowest BCUT2D eigenvalue weighted by atomic mass is 9.97. The number of aromatic amines is 1. The SMILES string of the molecule is CN(C)Cc1cc(NC(=O)[C@@H]2OCC(=O)N(C)[C@H]2c2ccc(Cl)cc2)n[nH]1. The van der Waals surface area contributed by atoms with Crippen LogP contribution in [0.1, 0.15) is 17.3 Å². The minimum atomic E-state index is -0.858. The molecular formula is C18H22ClN5O3. The number of amides is 2. The molecule has 1 fully saturated rings. The van der Waals surface area contributed by atoms with E-state index in [9.17, 15) is 9.59 Å². The molecule has 1 aromatic heterocycles. The molecule has 0 aliphatic carbocycles. The van der Waals surface area contributed by atoms with E-state index in [4.69, 9.17) is 16.3 Å². The van der Waals surface area contributed by atoms with Gasteiger partial charge in [0, 0.05) is 24.7 Å². The zero-order chi connectivity index (χ0) is 19.6. The summed E-state index contributed by atoms with van der Waals surface area (Å²) in [5, 5.41) is 10.3. The number of carbonyl (C=O) groups is 2. The molecule has 0 unspecified atom stereocenters. The van der Waals surface area contributed by atoms with Gasteiger partial charge in [-0.1, -0.05) is 23.7 Å². The van der Waals surface area contributed by atoms with Crippen molar-refractivity contribution in [3.05, 3.63) is 46.6 Å². The molecule has 0 bridgehead atoms. The lowest BCUT2D eigenvalue weighted by molar-refractivity contribution is -0.160. The Bertz CT molecular complexity index is 821. The number of nitrogens with zero attached hydrogens (tertiary/aromatic N) is 3. The number of H-pyrrole nitrogens is 1. The molecule has 2 N–H and O–H groups in total. The first-order valence-electron chi connectivity index (χ1n) is 8.48. The van der Waals surface area contributed by atoms with Gasteiger partial charge in [0.25, 0.3) is 5.91 Å². The Morgan fingerprint density at radius 1 is 1.41 bits per heavy atom. The summed E-state index contributed by atoms with van der Waals surface area (Å²) >= 11 is 5.95. The number of likely N-dealkylation sites (N-methyl/N-ethyl adjacent to an activating group) is 1. The van der Waals surface area contributed by atoms with E-state index in [2.05, 4.69) is 15.5 Å². The van der Waals surface area contributed by atoms with Gasteiger partial charge in [-0.2, -0.15) is 5.10 Å². The van der Waals surface area contributed by atoms with Crippen molar-refractivity contribution in [3.63, 3.8) is 0 Å². The van der Waals surface area contributed by atoms with E-state index in [1.165, 1.54) is 4.90 Å². The molecule has 2 heterocycles. The van der Waals surface area contributed by atoms with E-state index in [0.29, 0.717) is 17.4 Å². The fraction of sp³-hybridized carbons (Fsp3) is 0.389. The van der Waals surface area contributed by atoms with Crippen LogP contribution >= 0.6 is 11.6 Å². The molecule has 27 heavy (non-hydrogen) atoms. The van der Waals surface area contributed by atoms with Gasteiger partial charge in [0.1, 0.15) is 6.61 Å². The fourth-order valence-corrected chi connectivity index (χ4v) is 3.16. The lowest BCUT2D eigenvalue weighted by Crippen LogP contribution is -2.51. The Morgan fingerprint density at radius 3 is 2.78 bits per heavy atom. The van der Waals surface area contributed by atoms with Crippen molar-refractivity contribution in [1.82, 2.24) is 20.0 Å². The molecule has 0 spiro atoms. The van der Waals surface area contributed by atoms with Gasteiger partial charge in [-0.15, -0.1) is 0 Å². The summed E-state index contributed by atoms with van der Waals surface area (Å²) in [4.78, 5) is 28.4. The molecule has 8 nitrogen and oxygen atoms in total. The van der Waals surface area contributed by atoms with Gasteiger partial charge in [-0.25, -0.2) is 0 Å². The summed E-state index contributed by atoms with van der Waals surface area (Å²) in [5.41, 5.74) is 1.65. The molecule has 0 saturated carbocycles. The predicted molar refractivity (Wildman–Crippen MR) is 101 cm³/mol. The van der Waals surface area contributed by atoms with Gasteiger partial charge in [0.15, 0.2) is 11.9 Å². The average molecular weight is 392 g/mol. The number of morpholine rings is 1. The second kappa shape index (κ2) is 8.08. The van der Waals surface area contributed by atoms with Crippen molar-refractivity contribution in [2.24, 2.45) is 0 Å². The van der Waals surface area contributed by atoms with E-state index >= 15 is 0 Å². The van der Waals surface area contributed by atoms with Crippen LogP contribution in [0.25, 0.3) is 0 Å². The summed E-state index contributed by atoms with van der Waals surface area (Å²) in [6.07, 6.45) is -0.858. The first-order valence-corrected chi connectivity index (χ1v) is 8.85. The highest BCUT2D eigenvalue weighted by atomic mass is 35.5. The molecular weight excluding hydrogens is 370 g/mol. The van der Waals surface area contributed by atoms with Crippen molar-refractivity contribution < 1.29 is 14.3 Å². The Hall–Kier alpha value is -2.42. The molecule has 0 radical (unpaired) electrons.